The summed E-state index contributed by atoms with van der Waals surface area (Å²) in [7, 11) is 1.57. The van der Waals surface area contributed by atoms with E-state index >= 15 is 0 Å². The molecule has 18 heavy (non-hydrogen) atoms. The minimum atomic E-state index is -0.890. The van der Waals surface area contributed by atoms with Crippen molar-refractivity contribution in [1.82, 2.24) is 0 Å². The fourth-order valence-electron chi connectivity index (χ4n) is 1.71. The van der Waals surface area contributed by atoms with Gasteiger partial charge in [-0.3, -0.25) is 0 Å². The van der Waals surface area contributed by atoms with Crippen LogP contribution in [0.25, 0.3) is 0 Å². The largest absolute Gasteiger partial charge is 0.390 e. The van der Waals surface area contributed by atoms with Crippen molar-refractivity contribution >= 4 is 0 Å². The molecule has 0 radical (unpaired) electrons. The van der Waals surface area contributed by atoms with Gasteiger partial charge >= 0.3 is 0 Å². The standard InChI is InChI=1S/C14H22O4/c1-11(8-17-2)14(16)13(15)10-18-9-12-6-4-3-5-7-12/h3-7,11,13-16H,8-10H2,1-2H3. The van der Waals surface area contributed by atoms with Gasteiger partial charge in [0.2, 0.25) is 0 Å². The molecule has 0 saturated carbocycles. The zero-order chi connectivity index (χ0) is 13.4. The van der Waals surface area contributed by atoms with Crippen molar-refractivity contribution in [3.05, 3.63) is 35.9 Å². The lowest BCUT2D eigenvalue weighted by molar-refractivity contribution is -0.0719. The summed E-state index contributed by atoms with van der Waals surface area (Å²) < 4.78 is 10.3. The van der Waals surface area contributed by atoms with Crippen LogP contribution in [0.5, 0.6) is 0 Å². The van der Waals surface area contributed by atoms with Crippen LogP contribution in [0.1, 0.15) is 12.5 Å². The van der Waals surface area contributed by atoms with Crippen LogP contribution in [0.15, 0.2) is 30.3 Å². The second-order valence-corrected chi connectivity index (χ2v) is 4.49. The predicted molar refractivity (Wildman–Crippen MR) is 69.2 cm³/mol. The van der Waals surface area contributed by atoms with Gasteiger partial charge in [0.15, 0.2) is 0 Å². The molecule has 1 rings (SSSR count). The van der Waals surface area contributed by atoms with Gasteiger partial charge < -0.3 is 19.7 Å². The summed E-state index contributed by atoms with van der Waals surface area (Å²) in [6.45, 7) is 2.79. The average molecular weight is 254 g/mol. The molecule has 0 aliphatic rings. The fraction of sp³-hybridized carbons (Fsp3) is 0.571. The number of hydrogen-bond donors (Lipinski definition) is 2. The number of ether oxygens (including phenoxy) is 2. The first-order chi connectivity index (χ1) is 8.65. The highest BCUT2D eigenvalue weighted by Gasteiger charge is 2.22. The quantitative estimate of drug-likeness (QED) is 0.732. The average Bonchev–Trinajstić information content (AvgIpc) is 2.39. The molecule has 0 bridgehead atoms. The molecule has 2 N–H and O–H groups in total. The van der Waals surface area contributed by atoms with Gasteiger partial charge in [-0.05, 0) is 5.56 Å². The summed E-state index contributed by atoms with van der Waals surface area (Å²) in [5.74, 6) is -0.120. The van der Waals surface area contributed by atoms with Gasteiger partial charge in [0, 0.05) is 13.0 Å². The van der Waals surface area contributed by atoms with Crippen LogP contribution in [0.4, 0.5) is 0 Å². The van der Waals surface area contributed by atoms with Crippen LogP contribution in [-0.2, 0) is 16.1 Å². The molecule has 0 amide bonds. The van der Waals surface area contributed by atoms with E-state index in [1.165, 1.54) is 0 Å². The fourth-order valence-corrected chi connectivity index (χ4v) is 1.71. The second-order valence-electron chi connectivity index (χ2n) is 4.49. The van der Waals surface area contributed by atoms with E-state index in [0.717, 1.165) is 5.56 Å². The van der Waals surface area contributed by atoms with Crippen molar-refractivity contribution in [2.24, 2.45) is 5.92 Å². The highest BCUT2D eigenvalue weighted by molar-refractivity contribution is 5.13. The Labute approximate surface area is 108 Å². The van der Waals surface area contributed by atoms with Crippen molar-refractivity contribution in [2.75, 3.05) is 20.3 Å². The molecular formula is C14H22O4. The van der Waals surface area contributed by atoms with E-state index < -0.39 is 12.2 Å². The van der Waals surface area contributed by atoms with E-state index in [2.05, 4.69) is 0 Å². The molecule has 3 unspecified atom stereocenters. The van der Waals surface area contributed by atoms with E-state index in [1.54, 1.807) is 7.11 Å². The molecule has 0 aliphatic carbocycles. The third-order valence-corrected chi connectivity index (χ3v) is 2.81. The molecule has 0 fully saturated rings. The highest BCUT2D eigenvalue weighted by Crippen LogP contribution is 2.09. The number of hydrogen-bond acceptors (Lipinski definition) is 4. The summed E-state index contributed by atoms with van der Waals surface area (Å²) in [4.78, 5) is 0. The van der Waals surface area contributed by atoms with Gasteiger partial charge in [0.25, 0.3) is 0 Å². The summed E-state index contributed by atoms with van der Waals surface area (Å²) in [6, 6.07) is 9.72. The lowest BCUT2D eigenvalue weighted by Gasteiger charge is -2.23. The molecule has 4 heteroatoms. The summed E-state index contributed by atoms with van der Waals surface area (Å²) >= 11 is 0. The number of methoxy groups -OCH3 is 1. The molecular weight excluding hydrogens is 232 g/mol. The maximum atomic E-state index is 9.80. The Kier molecular flexibility index (Phi) is 6.90. The first kappa shape index (κ1) is 15.1. The van der Waals surface area contributed by atoms with Crippen LogP contribution in [0.2, 0.25) is 0 Å². The zero-order valence-corrected chi connectivity index (χ0v) is 11.0. The molecule has 0 spiro atoms. The topological polar surface area (TPSA) is 58.9 Å². The third kappa shape index (κ3) is 5.14. The number of rotatable bonds is 8. The van der Waals surface area contributed by atoms with E-state index in [-0.39, 0.29) is 12.5 Å². The molecule has 1 aromatic rings. The van der Waals surface area contributed by atoms with Gasteiger partial charge in [-0.25, -0.2) is 0 Å². The molecule has 4 nitrogen and oxygen atoms in total. The molecule has 102 valence electrons. The van der Waals surface area contributed by atoms with Crippen molar-refractivity contribution in [1.29, 1.82) is 0 Å². The maximum absolute atomic E-state index is 9.80. The van der Waals surface area contributed by atoms with Gasteiger partial charge in [0.05, 0.1) is 25.9 Å². The number of aliphatic hydroxyl groups excluding tert-OH is 2. The number of benzene rings is 1. The Balaban J connectivity index is 2.26. The molecule has 0 saturated heterocycles. The predicted octanol–water partition coefficient (Wildman–Crippen LogP) is 1.21. The lowest BCUT2D eigenvalue weighted by atomic mass is 10.0. The number of aliphatic hydroxyl groups is 2. The second kappa shape index (κ2) is 8.21. The first-order valence-electron chi connectivity index (χ1n) is 6.12. The highest BCUT2D eigenvalue weighted by atomic mass is 16.5. The monoisotopic (exact) mass is 254 g/mol. The summed E-state index contributed by atoms with van der Waals surface area (Å²) in [5.41, 5.74) is 1.05. The minimum Gasteiger partial charge on any atom is -0.390 e. The van der Waals surface area contributed by atoms with Crippen molar-refractivity contribution in [3.8, 4) is 0 Å². The Hall–Kier alpha value is -0.940. The molecule has 1 aromatic carbocycles. The van der Waals surface area contributed by atoms with Crippen molar-refractivity contribution in [2.45, 2.75) is 25.7 Å². The molecule has 0 heterocycles. The van der Waals surface area contributed by atoms with Crippen molar-refractivity contribution < 1.29 is 19.7 Å². The Morgan fingerprint density at radius 1 is 1.11 bits per heavy atom. The van der Waals surface area contributed by atoms with E-state index in [9.17, 15) is 10.2 Å². The maximum Gasteiger partial charge on any atom is 0.103 e. The molecule has 0 aliphatic heterocycles. The Morgan fingerprint density at radius 2 is 1.78 bits per heavy atom. The van der Waals surface area contributed by atoms with Crippen molar-refractivity contribution in [3.63, 3.8) is 0 Å². The van der Waals surface area contributed by atoms with Gasteiger partial charge in [-0.2, -0.15) is 0 Å². The summed E-state index contributed by atoms with van der Waals surface area (Å²) in [5, 5.41) is 19.6. The first-order valence-corrected chi connectivity index (χ1v) is 6.12. The van der Waals surface area contributed by atoms with Gasteiger partial charge in [0.1, 0.15) is 6.10 Å². The third-order valence-electron chi connectivity index (χ3n) is 2.81. The zero-order valence-electron chi connectivity index (χ0n) is 11.0. The van der Waals surface area contributed by atoms with Gasteiger partial charge in [-0.15, -0.1) is 0 Å². The molecule has 3 atom stereocenters. The van der Waals surface area contributed by atoms with E-state index in [4.69, 9.17) is 9.47 Å². The Morgan fingerprint density at radius 3 is 2.39 bits per heavy atom. The normalized spacial score (nSPS) is 16.2. The van der Waals surface area contributed by atoms with E-state index in [1.807, 2.05) is 37.3 Å². The lowest BCUT2D eigenvalue weighted by Crippen LogP contribution is -2.37. The van der Waals surface area contributed by atoms with Crippen LogP contribution >= 0.6 is 0 Å². The molecule has 0 aromatic heterocycles. The SMILES string of the molecule is COCC(C)C(O)C(O)COCc1ccccc1. The van der Waals surface area contributed by atoms with Gasteiger partial charge in [-0.1, -0.05) is 37.3 Å². The minimum absolute atomic E-state index is 0.115. The van der Waals surface area contributed by atoms with Crippen LogP contribution in [0, 0.1) is 5.92 Å². The van der Waals surface area contributed by atoms with Crippen LogP contribution in [0.3, 0.4) is 0 Å². The van der Waals surface area contributed by atoms with Crippen LogP contribution in [-0.4, -0.2) is 42.7 Å². The Bertz CT molecular complexity index is 315. The smallest absolute Gasteiger partial charge is 0.103 e. The summed E-state index contributed by atoms with van der Waals surface area (Å²) in [6.07, 6.45) is -1.72. The van der Waals surface area contributed by atoms with Crippen LogP contribution < -0.4 is 0 Å². The van der Waals surface area contributed by atoms with E-state index in [0.29, 0.717) is 13.2 Å².